The minimum absolute atomic E-state index is 0.0472. The molecule has 1 aromatic heterocycles. The summed E-state index contributed by atoms with van der Waals surface area (Å²) in [5, 5.41) is 2.91. The van der Waals surface area contributed by atoms with E-state index >= 15 is 0 Å². The van der Waals surface area contributed by atoms with E-state index in [1.807, 2.05) is 0 Å². The molecule has 0 saturated carbocycles. The van der Waals surface area contributed by atoms with E-state index in [2.05, 4.69) is 15.0 Å². The highest BCUT2D eigenvalue weighted by atomic mass is 19.1. The second-order valence-corrected chi connectivity index (χ2v) is 5.20. The molecule has 0 spiro atoms. The first-order valence-corrected chi connectivity index (χ1v) is 7.40. The molecule has 0 fully saturated rings. The molecule has 3 rings (SSSR count). The number of hydrogen-bond donors (Lipinski definition) is 1. The van der Waals surface area contributed by atoms with Gasteiger partial charge in [0.15, 0.2) is 0 Å². The van der Waals surface area contributed by atoms with E-state index in [9.17, 15) is 13.6 Å². The van der Waals surface area contributed by atoms with Crippen LogP contribution < -0.4 is 5.32 Å². The molecule has 5 nitrogen and oxygen atoms in total. The van der Waals surface area contributed by atoms with Crippen molar-refractivity contribution in [3.8, 4) is 0 Å². The van der Waals surface area contributed by atoms with Crippen LogP contribution in [0.25, 0.3) is 0 Å². The molecule has 0 radical (unpaired) electrons. The summed E-state index contributed by atoms with van der Waals surface area (Å²) in [6.07, 6.45) is 1.35. The van der Waals surface area contributed by atoms with Crippen molar-refractivity contribution in [3.63, 3.8) is 0 Å². The van der Waals surface area contributed by atoms with Crippen molar-refractivity contribution in [2.24, 2.45) is 0 Å². The van der Waals surface area contributed by atoms with Gasteiger partial charge in [-0.05, 0) is 36.4 Å². The number of nitrogens with zero attached hydrogens (tertiary/aromatic N) is 1. The fourth-order valence-electron chi connectivity index (χ4n) is 2.25. The second kappa shape index (κ2) is 7.12. The topological polar surface area (TPSA) is 64.4 Å². The zero-order chi connectivity index (χ0) is 17.8. The van der Waals surface area contributed by atoms with Crippen LogP contribution in [-0.2, 0) is 11.2 Å². The molecule has 25 heavy (non-hydrogen) atoms. The number of carbonyl (C=O) groups is 1. The molecule has 0 amide bonds. The molecule has 0 saturated heterocycles. The highest BCUT2D eigenvalue weighted by Crippen LogP contribution is 2.21. The molecular weight excluding hydrogens is 330 g/mol. The smallest absolute Gasteiger partial charge is 0.337 e. The number of aromatic nitrogens is 1. The minimum atomic E-state index is -0.635. The molecule has 0 aliphatic heterocycles. The van der Waals surface area contributed by atoms with Gasteiger partial charge in [0.1, 0.15) is 17.4 Å². The highest BCUT2D eigenvalue weighted by Gasteiger charge is 2.13. The Kier molecular flexibility index (Phi) is 4.74. The zero-order valence-corrected chi connectivity index (χ0v) is 13.3. The third-order valence-corrected chi connectivity index (χ3v) is 3.52. The number of methoxy groups -OCH3 is 1. The Bertz CT molecular complexity index is 871. The normalized spacial score (nSPS) is 10.5. The first-order valence-electron chi connectivity index (χ1n) is 7.40. The monoisotopic (exact) mass is 344 g/mol. The first kappa shape index (κ1) is 16.6. The van der Waals surface area contributed by atoms with Gasteiger partial charge in [0, 0.05) is 17.7 Å². The van der Waals surface area contributed by atoms with E-state index in [-0.39, 0.29) is 18.0 Å². The Morgan fingerprint density at radius 2 is 1.84 bits per heavy atom. The molecule has 0 aliphatic carbocycles. The number of carbonyl (C=O) groups excluding carboxylic acids is 1. The number of esters is 1. The van der Waals surface area contributed by atoms with Crippen LogP contribution in [-0.4, -0.2) is 18.1 Å². The fourth-order valence-corrected chi connectivity index (χ4v) is 2.25. The number of rotatable bonds is 5. The van der Waals surface area contributed by atoms with Gasteiger partial charge in [0.2, 0.25) is 0 Å². The van der Waals surface area contributed by atoms with E-state index in [0.717, 1.165) is 0 Å². The van der Waals surface area contributed by atoms with Crippen LogP contribution in [0, 0.1) is 11.6 Å². The lowest BCUT2D eigenvalue weighted by atomic mass is 10.1. The van der Waals surface area contributed by atoms with Crippen molar-refractivity contribution in [1.29, 1.82) is 0 Å². The Labute approximate surface area is 142 Å². The van der Waals surface area contributed by atoms with Crippen molar-refractivity contribution < 1.29 is 22.7 Å². The van der Waals surface area contributed by atoms with Gasteiger partial charge in [-0.2, -0.15) is 0 Å². The standard InChI is InChI=1S/C18H14F2N2O3/c1-24-17(23)11-5-7-12(8-6-11)22-18-21-10-13(25-18)9-14-15(19)3-2-4-16(14)20/h2-8,10H,9H2,1H3,(H,21,22). The summed E-state index contributed by atoms with van der Waals surface area (Å²) in [4.78, 5) is 15.4. The third kappa shape index (κ3) is 3.82. The van der Waals surface area contributed by atoms with Crippen LogP contribution in [0.15, 0.2) is 53.1 Å². The molecule has 128 valence electrons. The van der Waals surface area contributed by atoms with Gasteiger partial charge in [-0.3, -0.25) is 0 Å². The quantitative estimate of drug-likeness (QED) is 0.707. The van der Waals surface area contributed by atoms with Crippen LogP contribution in [0.5, 0.6) is 0 Å². The SMILES string of the molecule is COC(=O)c1ccc(Nc2ncc(Cc3c(F)cccc3F)o2)cc1. The average Bonchev–Trinajstić information content (AvgIpc) is 3.05. The summed E-state index contributed by atoms with van der Waals surface area (Å²) in [5.41, 5.74) is 0.974. The molecule has 2 aromatic carbocycles. The summed E-state index contributed by atoms with van der Waals surface area (Å²) in [5.74, 6) is -1.39. The number of anilines is 2. The molecule has 0 atom stereocenters. The second-order valence-electron chi connectivity index (χ2n) is 5.20. The lowest BCUT2D eigenvalue weighted by Crippen LogP contribution is -2.00. The van der Waals surface area contributed by atoms with Crippen LogP contribution >= 0.6 is 0 Å². The Hall–Kier alpha value is -3.22. The van der Waals surface area contributed by atoms with E-state index in [1.54, 1.807) is 24.3 Å². The lowest BCUT2D eigenvalue weighted by molar-refractivity contribution is 0.0601. The average molecular weight is 344 g/mol. The van der Waals surface area contributed by atoms with Crippen LogP contribution in [0.4, 0.5) is 20.5 Å². The number of halogens is 2. The third-order valence-electron chi connectivity index (χ3n) is 3.52. The zero-order valence-electron chi connectivity index (χ0n) is 13.3. The Balaban J connectivity index is 1.70. The maximum atomic E-state index is 13.7. The van der Waals surface area contributed by atoms with Crippen molar-refractivity contribution in [1.82, 2.24) is 4.98 Å². The van der Waals surface area contributed by atoms with Crippen LogP contribution in [0.3, 0.4) is 0 Å². The molecule has 7 heteroatoms. The predicted molar refractivity (Wildman–Crippen MR) is 86.7 cm³/mol. The van der Waals surface area contributed by atoms with Crippen molar-refractivity contribution in [2.45, 2.75) is 6.42 Å². The minimum Gasteiger partial charge on any atom is -0.465 e. The van der Waals surface area contributed by atoms with Crippen molar-refractivity contribution >= 4 is 17.7 Å². The van der Waals surface area contributed by atoms with Crippen LogP contribution in [0.2, 0.25) is 0 Å². The lowest BCUT2D eigenvalue weighted by Gasteiger charge is -2.04. The van der Waals surface area contributed by atoms with Crippen molar-refractivity contribution in [2.75, 3.05) is 12.4 Å². The predicted octanol–water partition coefficient (Wildman–Crippen LogP) is 4.07. The van der Waals surface area contributed by atoms with Gasteiger partial charge in [-0.25, -0.2) is 18.6 Å². The first-order chi connectivity index (χ1) is 12.1. The number of hydrogen-bond acceptors (Lipinski definition) is 5. The maximum Gasteiger partial charge on any atom is 0.337 e. The fraction of sp³-hybridized carbons (Fsp3) is 0.111. The number of benzene rings is 2. The van der Waals surface area contributed by atoms with Gasteiger partial charge in [-0.15, -0.1) is 0 Å². The summed E-state index contributed by atoms with van der Waals surface area (Å²) in [7, 11) is 1.31. The Morgan fingerprint density at radius 3 is 2.48 bits per heavy atom. The van der Waals surface area contributed by atoms with Gasteiger partial charge in [0.05, 0.1) is 18.9 Å². The van der Waals surface area contributed by atoms with Crippen molar-refractivity contribution in [3.05, 3.63) is 77.2 Å². The molecule has 0 aliphatic rings. The van der Waals surface area contributed by atoms with Gasteiger partial charge < -0.3 is 14.5 Å². The summed E-state index contributed by atoms with van der Waals surface area (Å²) < 4.78 is 37.4. The molecule has 1 heterocycles. The highest BCUT2D eigenvalue weighted by molar-refractivity contribution is 5.89. The van der Waals surface area contributed by atoms with Crippen LogP contribution in [0.1, 0.15) is 21.7 Å². The number of ether oxygens (including phenoxy) is 1. The molecule has 1 N–H and O–H groups in total. The van der Waals surface area contributed by atoms with E-state index in [0.29, 0.717) is 17.0 Å². The maximum absolute atomic E-state index is 13.7. The number of oxazole rings is 1. The summed E-state index contributed by atoms with van der Waals surface area (Å²) in [6, 6.07) is 10.4. The van der Waals surface area contributed by atoms with E-state index < -0.39 is 17.6 Å². The summed E-state index contributed by atoms with van der Waals surface area (Å²) in [6.45, 7) is 0. The van der Waals surface area contributed by atoms with Gasteiger partial charge in [0.25, 0.3) is 6.01 Å². The van der Waals surface area contributed by atoms with E-state index in [4.69, 9.17) is 4.42 Å². The van der Waals surface area contributed by atoms with Gasteiger partial charge in [-0.1, -0.05) is 6.07 Å². The van der Waals surface area contributed by atoms with Gasteiger partial charge >= 0.3 is 5.97 Å². The van der Waals surface area contributed by atoms with E-state index in [1.165, 1.54) is 31.5 Å². The molecular formula is C18H14F2N2O3. The molecule has 3 aromatic rings. The molecule has 0 unspecified atom stereocenters. The molecule has 0 bridgehead atoms. The number of nitrogens with one attached hydrogen (secondary N) is 1. The Morgan fingerprint density at radius 1 is 1.16 bits per heavy atom. The summed E-state index contributed by atoms with van der Waals surface area (Å²) >= 11 is 0. The largest absolute Gasteiger partial charge is 0.465 e.